The van der Waals surface area contributed by atoms with Crippen molar-refractivity contribution in [3.8, 4) is 0 Å². The summed E-state index contributed by atoms with van der Waals surface area (Å²) >= 11 is 0. The highest BCUT2D eigenvalue weighted by atomic mass is 16.6. The quantitative estimate of drug-likeness (QED) is 0.849. The van der Waals surface area contributed by atoms with E-state index in [1.807, 2.05) is 25.7 Å². The summed E-state index contributed by atoms with van der Waals surface area (Å²) in [6.07, 6.45) is 5.38. The van der Waals surface area contributed by atoms with Crippen LogP contribution in [0.15, 0.2) is 0 Å². The zero-order valence-corrected chi connectivity index (χ0v) is 13.5. The number of nitrogens with zero attached hydrogens (tertiary/aromatic N) is 1. The maximum absolute atomic E-state index is 12.1. The molecule has 1 atom stereocenters. The summed E-state index contributed by atoms with van der Waals surface area (Å²) in [5.41, 5.74) is -0.430. The summed E-state index contributed by atoms with van der Waals surface area (Å²) in [6, 6.07) is 1.24. The van der Waals surface area contributed by atoms with Crippen LogP contribution in [0.1, 0.15) is 52.9 Å². The van der Waals surface area contributed by atoms with E-state index in [4.69, 9.17) is 9.47 Å². The lowest BCUT2D eigenvalue weighted by molar-refractivity contribution is -0.0485. The lowest BCUT2D eigenvalue weighted by atomic mass is 9.87. The molecule has 3 rings (SSSR count). The number of piperidine rings is 1. The third-order valence-electron chi connectivity index (χ3n) is 4.58. The molecule has 1 spiro atoms. The van der Waals surface area contributed by atoms with Gasteiger partial charge >= 0.3 is 6.09 Å². The number of nitrogens with one attached hydrogen (secondary N) is 1. The predicted molar refractivity (Wildman–Crippen MR) is 80.3 cm³/mol. The van der Waals surface area contributed by atoms with Gasteiger partial charge in [-0.1, -0.05) is 0 Å². The monoisotopic (exact) mass is 296 g/mol. The van der Waals surface area contributed by atoms with Crippen LogP contribution in [0, 0.1) is 0 Å². The van der Waals surface area contributed by atoms with Crippen LogP contribution in [0.2, 0.25) is 0 Å². The van der Waals surface area contributed by atoms with E-state index in [0.717, 1.165) is 45.0 Å². The summed E-state index contributed by atoms with van der Waals surface area (Å²) in [4.78, 5) is 13.9. The number of amides is 1. The molecule has 5 nitrogen and oxygen atoms in total. The molecule has 21 heavy (non-hydrogen) atoms. The number of carbonyl (C=O) groups excluding carboxylic acids is 1. The molecule has 3 aliphatic rings. The molecule has 1 saturated carbocycles. The fourth-order valence-electron chi connectivity index (χ4n) is 3.31. The highest BCUT2D eigenvalue weighted by molar-refractivity contribution is 5.68. The minimum Gasteiger partial charge on any atom is -0.444 e. The first kappa shape index (κ1) is 15.1. The van der Waals surface area contributed by atoms with Gasteiger partial charge in [-0.2, -0.15) is 0 Å². The Morgan fingerprint density at radius 1 is 1.24 bits per heavy atom. The van der Waals surface area contributed by atoms with E-state index in [9.17, 15) is 4.79 Å². The van der Waals surface area contributed by atoms with Crippen molar-refractivity contribution in [3.63, 3.8) is 0 Å². The van der Waals surface area contributed by atoms with Gasteiger partial charge in [-0.15, -0.1) is 0 Å². The molecule has 1 amide bonds. The lowest BCUT2D eigenvalue weighted by Crippen LogP contribution is -2.48. The first-order valence-electron chi connectivity index (χ1n) is 8.23. The zero-order valence-electron chi connectivity index (χ0n) is 13.5. The largest absolute Gasteiger partial charge is 0.444 e. The van der Waals surface area contributed by atoms with Crippen molar-refractivity contribution in [3.05, 3.63) is 0 Å². The first-order chi connectivity index (χ1) is 9.85. The van der Waals surface area contributed by atoms with Gasteiger partial charge in [0.2, 0.25) is 0 Å². The lowest BCUT2D eigenvalue weighted by Gasteiger charge is -2.39. The second-order valence-electron chi connectivity index (χ2n) is 7.80. The predicted octanol–water partition coefficient (Wildman–Crippen LogP) is 2.30. The Bertz CT molecular complexity index is 393. The molecule has 2 heterocycles. The number of carbonyl (C=O) groups is 1. The van der Waals surface area contributed by atoms with Crippen LogP contribution in [0.25, 0.3) is 0 Å². The van der Waals surface area contributed by atoms with Crippen molar-refractivity contribution in [2.45, 2.75) is 76.2 Å². The minimum absolute atomic E-state index is 0.00886. The molecular formula is C16H28N2O3. The van der Waals surface area contributed by atoms with Crippen LogP contribution in [0.3, 0.4) is 0 Å². The Kier molecular flexibility index (Phi) is 3.91. The molecule has 3 fully saturated rings. The van der Waals surface area contributed by atoms with Crippen LogP contribution >= 0.6 is 0 Å². The standard InChI is InChI=1S/C16H28N2O3/c1-15(2,3)21-14(19)18-8-6-16(7-9-18)10-13(11-20-16)17-12-4-5-12/h12-13,17H,4-11H2,1-3H3/t13-/m1/s1. The van der Waals surface area contributed by atoms with Gasteiger partial charge in [-0.3, -0.25) is 0 Å². The van der Waals surface area contributed by atoms with Gasteiger partial charge in [0.15, 0.2) is 0 Å². The van der Waals surface area contributed by atoms with Gasteiger partial charge in [0, 0.05) is 25.2 Å². The molecular weight excluding hydrogens is 268 g/mol. The van der Waals surface area contributed by atoms with E-state index < -0.39 is 5.60 Å². The van der Waals surface area contributed by atoms with Crippen molar-refractivity contribution in [2.75, 3.05) is 19.7 Å². The smallest absolute Gasteiger partial charge is 0.410 e. The van der Waals surface area contributed by atoms with Crippen LogP contribution in [0.4, 0.5) is 4.79 Å². The van der Waals surface area contributed by atoms with Gasteiger partial charge in [-0.05, 0) is 52.9 Å². The highest BCUT2D eigenvalue weighted by Gasteiger charge is 2.44. The molecule has 0 bridgehead atoms. The topological polar surface area (TPSA) is 50.8 Å². The number of hydrogen-bond acceptors (Lipinski definition) is 4. The molecule has 0 aromatic heterocycles. The van der Waals surface area contributed by atoms with Crippen molar-refractivity contribution in [2.24, 2.45) is 0 Å². The molecule has 2 saturated heterocycles. The number of likely N-dealkylation sites (tertiary alicyclic amines) is 1. The average molecular weight is 296 g/mol. The summed E-state index contributed by atoms with van der Waals surface area (Å²) in [5, 5.41) is 3.66. The molecule has 0 aromatic carbocycles. The first-order valence-corrected chi connectivity index (χ1v) is 8.23. The number of hydrogen-bond donors (Lipinski definition) is 1. The maximum Gasteiger partial charge on any atom is 0.410 e. The molecule has 1 N–H and O–H groups in total. The fraction of sp³-hybridized carbons (Fsp3) is 0.938. The number of ether oxygens (including phenoxy) is 2. The normalized spacial score (nSPS) is 28.9. The molecule has 1 aliphatic carbocycles. The molecule has 5 heteroatoms. The second-order valence-corrected chi connectivity index (χ2v) is 7.80. The molecule has 120 valence electrons. The van der Waals surface area contributed by atoms with E-state index in [0.29, 0.717) is 6.04 Å². The van der Waals surface area contributed by atoms with E-state index in [2.05, 4.69) is 5.32 Å². The Morgan fingerprint density at radius 2 is 1.90 bits per heavy atom. The van der Waals surface area contributed by atoms with E-state index >= 15 is 0 Å². The van der Waals surface area contributed by atoms with Gasteiger partial charge in [0.1, 0.15) is 5.60 Å². The third-order valence-corrected chi connectivity index (χ3v) is 4.58. The Balaban J connectivity index is 1.47. The van der Waals surface area contributed by atoms with Crippen molar-refractivity contribution in [1.29, 1.82) is 0 Å². The Morgan fingerprint density at radius 3 is 2.48 bits per heavy atom. The summed E-state index contributed by atoms with van der Waals surface area (Å²) in [6.45, 7) is 8.03. The third kappa shape index (κ3) is 3.89. The maximum atomic E-state index is 12.1. The van der Waals surface area contributed by atoms with Crippen LogP contribution in [0.5, 0.6) is 0 Å². The Hall–Kier alpha value is -0.810. The van der Waals surface area contributed by atoms with Crippen LogP contribution in [-0.2, 0) is 9.47 Å². The average Bonchev–Trinajstić information content (AvgIpc) is 3.11. The van der Waals surface area contributed by atoms with E-state index in [1.54, 1.807) is 0 Å². The highest BCUT2D eigenvalue weighted by Crippen LogP contribution is 2.37. The Labute approximate surface area is 127 Å². The second kappa shape index (κ2) is 5.43. The fourth-order valence-corrected chi connectivity index (χ4v) is 3.31. The van der Waals surface area contributed by atoms with Crippen molar-refractivity contribution >= 4 is 6.09 Å². The van der Waals surface area contributed by atoms with E-state index in [1.165, 1.54) is 12.8 Å². The van der Waals surface area contributed by atoms with Crippen LogP contribution in [-0.4, -0.2) is 54.0 Å². The SMILES string of the molecule is CC(C)(C)OC(=O)N1CCC2(CC1)C[C@@H](NC1CC1)CO2. The summed E-state index contributed by atoms with van der Waals surface area (Å²) in [7, 11) is 0. The van der Waals surface area contributed by atoms with E-state index in [-0.39, 0.29) is 11.7 Å². The van der Waals surface area contributed by atoms with Gasteiger partial charge in [0.05, 0.1) is 12.2 Å². The summed E-state index contributed by atoms with van der Waals surface area (Å²) < 4.78 is 11.6. The van der Waals surface area contributed by atoms with Crippen molar-refractivity contribution in [1.82, 2.24) is 10.2 Å². The number of rotatable bonds is 2. The molecule has 2 aliphatic heterocycles. The molecule has 0 radical (unpaired) electrons. The molecule has 0 aromatic rings. The summed E-state index contributed by atoms with van der Waals surface area (Å²) in [5.74, 6) is 0. The zero-order chi connectivity index (χ0) is 15.1. The van der Waals surface area contributed by atoms with Gasteiger partial charge < -0.3 is 19.7 Å². The molecule has 0 unspecified atom stereocenters. The van der Waals surface area contributed by atoms with Gasteiger partial charge in [-0.25, -0.2) is 4.79 Å². The minimum atomic E-state index is -0.421. The van der Waals surface area contributed by atoms with Gasteiger partial charge in [0.25, 0.3) is 0 Å². The van der Waals surface area contributed by atoms with Crippen molar-refractivity contribution < 1.29 is 14.3 Å². The van der Waals surface area contributed by atoms with Crippen LogP contribution < -0.4 is 5.32 Å².